The molecule has 0 saturated heterocycles. The van der Waals surface area contributed by atoms with E-state index in [0.717, 1.165) is 6.07 Å². The van der Waals surface area contributed by atoms with Gasteiger partial charge in [-0.05, 0) is 18.2 Å². The zero-order valence-corrected chi connectivity index (χ0v) is 12.6. The highest BCUT2D eigenvalue weighted by Crippen LogP contribution is 2.39. The Morgan fingerprint density at radius 1 is 1.00 bits per heavy atom. The van der Waals surface area contributed by atoms with Crippen molar-refractivity contribution in [3.63, 3.8) is 0 Å². The highest BCUT2D eigenvalue weighted by molar-refractivity contribution is 9.09. The second kappa shape index (κ2) is 6.06. The van der Waals surface area contributed by atoms with E-state index in [1.54, 1.807) is 18.2 Å². The van der Waals surface area contributed by atoms with Crippen LogP contribution in [0.4, 0.5) is 13.2 Å². The topological polar surface area (TPSA) is 9.23 Å². The Morgan fingerprint density at radius 3 is 2.30 bits per heavy atom. The minimum absolute atomic E-state index is 0.0236. The van der Waals surface area contributed by atoms with Crippen molar-refractivity contribution in [2.75, 3.05) is 7.11 Å². The molecule has 106 valence electrons. The quantitative estimate of drug-likeness (QED) is 0.533. The molecule has 2 aromatic rings. The minimum Gasteiger partial charge on any atom is -0.496 e. The van der Waals surface area contributed by atoms with Crippen LogP contribution in [0.5, 0.6) is 5.75 Å². The van der Waals surface area contributed by atoms with Gasteiger partial charge in [-0.1, -0.05) is 33.6 Å². The van der Waals surface area contributed by atoms with Gasteiger partial charge in [0.25, 0.3) is 0 Å². The Bertz CT molecular complexity index is 649. The van der Waals surface area contributed by atoms with Crippen LogP contribution in [-0.2, 0) is 0 Å². The third-order valence-electron chi connectivity index (χ3n) is 2.78. The van der Waals surface area contributed by atoms with Gasteiger partial charge in [0.05, 0.1) is 11.9 Å². The molecular formula is C14H9BrClF3O. The van der Waals surface area contributed by atoms with Crippen molar-refractivity contribution in [3.8, 4) is 5.75 Å². The predicted octanol–water partition coefficient (Wildman–Crippen LogP) is 5.25. The number of ether oxygens (including phenoxy) is 1. The van der Waals surface area contributed by atoms with E-state index in [1.807, 2.05) is 0 Å². The molecular weight excluding hydrogens is 357 g/mol. The molecule has 0 radical (unpaired) electrons. The fraction of sp³-hybridized carbons (Fsp3) is 0.143. The van der Waals surface area contributed by atoms with Crippen molar-refractivity contribution in [1.82, 2.24) is 0 Å². The maximum absolute atomic E-state index is 13.8. The molecule has 2 aromatic carbocycles. The van der Waals surface area contributed by atoms with E-state index >= 15 is 0 Å². The van der Waals surface area contributed by atoms with E-state index < -0.39 is 22.3 Å². The summed E-state index contributed by atoms with van der Waals surface area (Å²) in [4.78, 5) is -0.690. The molecule has 6 heteroatoms. The lowest BCUT2D eigenvalue weighted by Crippen LogP contribution is -2.02. The number of halogens is 5. The summed E-state index contributed by atoms with van der Waals surface area (Å²) in [5.74, 6) is -2.76. The van der Waals surface area contributed by atoms with Crippen molar-refractivity contribution in [2.24, 2.45) is 0 Å². The molecule has 0 N–H and O–H groups in total. The molecule has 1 unspecified atom stereocenters. The zero-order chi connectivity index (χ0) is 14.9. The van der Waals surface area contributed by atoms with Crippen molar-refractivity contribution >= 4 is 27.5 Å². The summed E-state index contributed by atoms with van der Waals surface area (Å²) in [7, 11) is 1.44. The van der Waals surface area contributed by atoms with Crippen LogP contribution in [0.3, 0.4) is 0 Å². The van der Waals surface area contributed by atoms with Gasteiger partial charge in [0.15, 0.2) is 11.6 Å². The Hall–Kier alpha value is -1.20. The monoisotopic (exact) mass is 364 g/mol. The van der Waals surface area contributed by atoms with Crippen molar-refractivity contribution in [2.45, 2.75) is 4.83 Å². The lowest BCUT2D eigenvalue weighted by molar-refractivity contribution is 0.410. The van der Waals surface area contributed by atoms with Gasteiger partial charge in [-0.3, -0.25) is 0 Å². The van der Waals surface area contributed by atoms with Crippen LogP contribution in [0.15, 0.2) is 30.3 Å². The normalized spacial score (nSPS) is 12.3. The summed E-state index contributed by atoms with van der Waals surface area (Å²) < 4.78 is 45.2. The third kappa shape index (κ3) is 2.94. The van der Waals surface area contributed by atoms with Crippen LogP contribution in [0.25, 0.3) is 0 Å². The molecule has 0 aliphatic rings. The van der Waals surface area contributed by atoms with Gasteiger partial charge >= 0.3 is 0 Å². The molecule has 0 bridgehead atoms. The Morgan fingerprint density at radius 2 is 1.65 bits per heavy atom. The molecule has 1 nitrogen and oxygen atoms in total. The maximum Gasteiger partial charge on any atom is 0.161 e. The van der Waals surface area contributed by atoms with Crippen LogP contribution < -0.4 is 4.74 Å². The van der Waals surface area contributed by atoms with Gasteiger partial charge in [-0.25, -0.2) is 13.2 Å². The van der Waals surface area contributed by atoms with Crippen molar-refractivity contribution in [3.05, 3.63) is 63.9 Å². The van der Waals surface area contributed by atoms with E-state index in [2.05, 4.69) is 15.9 Å². The van der Waals surface area contributed by atoms with Crippen LogP contribution in [0.1, 0.15) is 16.0 Å². The van der Waals surface area contributed by atoms with E-state index in [-0.39, 0.29) is 5.56 Å². The van der Waals surface area contributed by atoms with E-state index in [0.29, 0.717) is 22.4 Å². The number of hydrogen-bond acceptors (Lipinski definition) is 1. The lowest BCUT2D eigenvalue weighted by atomic mass is 10.0. The number of hydrogen-bond donors (Lipinski definition) is 0. The van der Waals surface area contributed by atoms with Gasteiger partial charge in [-0.2, -0.15) is 0 Å². The average Bonchev–Trinajstić information content (AvgIpc) is 2.42. The van der Waals surface area contributed by atoms with Crippen LogP contribution in [0, 0.1) is 17.5 Å². The number of alkyl halides is 1. The minimum atomic E-state index is -1.23. The second-order valence-electron chi connectivity index (χ2n) is 4.04. The van der Waals surface area contributed by atoms with Gasteiger partial charge in [0.2, 0.25) is 0 Å². The molecule has 0 spiro atoms. The van der Waals surface area contributed by atoms with Gasteiger partial charge < -0.3 is 4.74 Å². The van der Waals surface area contributed by atoms with Crippen LogP contribution >= 0.6 is 27.5 Å². The van der Waals surface area contributed by atoms with Crippen LogP contribution in [-0.4, -0.2) is 7.11 Å². The highest BCUT2D eigenvalue weighted by Gasteiger charge is 2.21. The molecule has 20 heavy (non-hydrogen) atoms. The van der Waals surface area contributed by atoms with E-state index in [4.69, 9.17) is 16.3 Å². The molecule has 0 aliphatic carbocycles. The Balaban J connectivity index is 2.51. The predicted molar refractivity (Wildman–Crippen MR) is 75.1 cm³/mol. The van der Waals surface area contributed by atoms with Gasteiger partial charge in [0, 0.05) is 22.2 Å². The molecule has 0 fully saturated rings. The first kappa shape index (κ1) is 15.2. The fourth-order valence-corrected chi connectivity index (χ4v) is 2.69. The SMILES string of the molecule is COc1cc(Cl)ccc1C(Br)c1cc(F)c(F)cc1F. The summed E-state index contributed by atoms with van der Waals surface area (Å²) in [6, 6.07) is 6.12. The van der Waals surface area contributed by atoms with Gasteiger partial charge in [-0.15, -0.1) is 0 Å². The fourth-order valence-electron chi connectivity index (χ4n) is 1.79. The lowest BCUT2D eigenvalue weighted by Gasteiger charge is -2.16. The first-order chi connectivity index (χ1) is 9.43. The molecule has 0 saturated carbocycles. The highest BCUT2D eigenvalue weighted by atomic mass is 79.9. The Labute approximate surface area is 127 Å². The van der Waals surface area contributed by atoms with Gasteiger partial charge in [0.1, 0.15) is 11.6 Å². The molecule has 0 aromatic heterocycles. The largest absolute Gasteiger partial charge is 0.496 e. The standard InChI is InChI=1S/C14H9BrClF3O/c1-20-13-4-7(16)2-3-8(13)14(15)9-5-11(18)12(19)6-10(9)17/h2-6,14H,1H3. The second-order valence-corrected chi connectivity index (χ2v) is 5.39. The summed E-state index contributed by atoms with van der Waals surface area (Å²) in [5, 5.41) is 0.455. The smallest absolute Gasteiger partial charge is 0.161 e. The van der Waals surface area contributed by atoms with Crippen molar-refractivity contribution < 1.29 is 17.9 Å². The maximum atomic E-state index is 13.8. The van der Waals surface area contributed by atoms with E-state index in [9.17, 15) is 13.2 Å². The molecule has 1 atom stereocenters. The van der Waals surface area contributed by atoms with Crippen LogP contribution in [0.2, 0.25) is 5.02 Å². The number of methoxy groups -OCH3 is 1. The molecule has 0 heterocycles. The first-order valence-electron chi connectivity index (χ1n) is 5.56. The summed E-state index contributed by atoms with van der Waals surface area (Å²) in [5.41, 5.74) is 0.534. The molecule has 0 amide bonds. The van der Waals surface area contributed by atoms with E-state index in [1.165, 1.54) is 7.11 Å². The van der Waals surface area contributed by atoms with Crippen molar-refractivity contribution in [1.29, 1.82) is 0 Å². The third-order valence-corrected chi connectivity index (χ3v) is 4.00. The number of rotatable bonds is 3. The summed E-state index contributed by atoms with van der Waals surface area (Å²) in [6.07, 6.45) is 0. The Kier molecular flexibility index (Phi) is 4.60. The summed E-state index contributed by atoms with van der Waals surface area (Å²) >= 11 is 9.11. The molecule has 2 rings (SSSR count). The first-order valence-corrected chi connectivity index (χ1v) is 6.85. The number of benzene rings is 2. The zero-order valence-electron chi connectivity index (χ0n) is 10.3. The summed E-state index contributed by atoms with van der Waals surface area (Å²) in [6.45, 7) is 0. The molecule has 0 aliphatic heterocycles. The average molecular weight is 366 g/mol.